The van der Waals surface area contributed by atoms with Crippen molar-refractivity contribution < 1.29 is 9.59 Å². The van der Waals surface area contributed by atoms with E-state index < -0.39 is 0 Å². The van der Waals surface area contributed by atoms with Crippen LogP contribution >= 0.6 is 11.6 Å². The van der Waals surface area contributed by atoms with Gasteiger partial charge in [-0.3, -0.25) is 9.59 Å². The van der Waals surface area contributed by atoms with Gasteiger partial charge in [-0.2, -0.15) is 0 Å². The number of likely N-dealkylation sites (tertiary alicyclic amines) is 1. The van der Waals surface area contributed by atoms with Crippen LogP contribution < -0.4 is 0 Å². The SMILES string of the molecule is CC(=O)N1CCC[C@@H](C(=O)Cl)C1. The molecular weight excluding hydrogens is 178 g/mol. The molecule has 0 saturated carbocycles. The van der Waals surface area contributed by atoms with Crippen LogP contribution in [0.2, 0.25) is 0 Å². The summed E-state index contributed by atoms with van der Waals surface area (Å²) in [5.74, 6) is -0.123. The number of rotatable bonds is 1. The van der Waals surface area contributed by atoms with E-state index in [2.05, 4.69) is 0 Å². The van der Waals surface area contributed by atoms with Gasteiger partial charge in [0.1, 0.15) is 0 Å². The Labute approximate surface area is 76.7 Å². The molecule has 0 aliphatic carbocycles. The fourth-order valence-corrected chi connectivity index (χ4v) is 1.63. The number of hydrogen-bond acceptors (Lipinski definition) is 2. The van der Waals surface area contributed by atoms with E-state index in [1.807, 2.05) is 0 Å². The maximum absolute atomic E-state index is 10.9. The van der Waals surface area contributed by atoms with Crippen LogP contribution in [0.25, 0.3) is 0 Å². The molecule has 3 nitrogen and oxygen atoms in total. The van der Waals surface area contributed by atoms with Gasteiger partial charge in [0.25, 0.3) is 0 Å². The van der Waals surface area contributed by atoms with Gasteiger partial charge in [-0.1, -0.05) is 0 Å². The fourth-order valence-electron chi connectivity index (χ4n) is 1.45. The van der Waals surface area contributed by atoms with Gasteiger partial charge in [-0.05, 0) is 24.4 Å². The fraction of sp³-hybridized carbons (Fsp3) is 0.750. The van der Waals surface area contributed by atoms with Crippen LogP contribution in [0.3, 0.4) is 0 Å². The molecule has 1 saturated heterocycles. The predicted octanol–water partition coefficient (Wildman–Crippen LogP) is 1.01. The molecule has 0 N–H and O–H groups in total. The zero-order chi connectivity index (χ0) is 9.14. The molecule has 1 rings (SSSR count). The molecule has 0 aromatic carbocycles. The van der Waals surface area contributed by atoms with Crippen molar-refractivity contribution >= 4 is 22.8 Å². The molecule has 0 unspecified atom stereocenters. The van der Waals surface area contributed by atoms with Crippen LogP contribution in [-0.2, 0) is 9.59 Å². The summed E-state index contributed by atoms with van der Waals surface area (Å²) in [5, 5.41) is -0.319. The number of carbonyl (C=O) groups is 2. The minimum atomic E-state index is -0.319. The van der Waals surface area contributed by atoms with Gasteiger partial charge < -0.3 is 4.90 Å². The normalized spacial score (nSPS) is 23.8. The monoisotopic (exact) mass is 189 g/mol. The highest BCUT2D eigenvalue weighted by Gasteiger charge is 2.25. The number of halogens is 1. The van der Waals surface area contributed by atoms with Crippen molar-refractivity contribution in [3.63, 3.8) is 0 Å². The minimum Gasteiger partial charge on any atom is -0.342 e. The number of amides is 1. The zero-order valence-corrected chi connectivity index (χ0v) is 7.80. The Kier molecular flexibility index (Phi) is 3.09. The predicted molar refractivity (Wildman–Crippen MR) is 45.8 cm³/mol. The second-order valence-electron chi connectivity index (χ2n) is 3.11. The summed E-state index contributed by atoms with van der Waals surface area (Å²) in [4.78, 5) is 23.4. The van der Waals surface area contributed by atoms with E-state index in [1.165, 1.54) is 6.92 Å². The molecule has 68 valence electrons. The molecule has 12 heavy (non-hydrogen) atoms. The maximum atomic E-state index is 10.9. The van der Waals surface area contributed by atoms with Gasteiger partial charge in [0, 0.05) is 20.0 Å². The smallest absolute Gasteiger partial charge is 0.226 e. The van der Waals surface area contributed by atoms with Crippen LogP contribution in [-0.4, -0.2) is 29.1 Å². The van der Waals surface area contributed by atoms with Crippen LogP contribution in [0.15, 0.2) is 0 Å². The van der Waals surface area contributed by atoms with Crippen LogP contribution in [0.5, 0.6) is 0 Å². The van der Waals surface area contributed by atoms with Crippen LogP contribution in [0.4, 0.5) is 0 Å². The van der Waals surface area contributed by atoms with Crippen molar-refractivity contribution in [2.24, 2.45) is 5.92 Å². The lowest BCUT2D eigenvalue weighted by Crippen LogP contribution is -2.40. The molecule has 0 radical (unpaired) electrons. The summed E-state index contributed by atoms with van der Waals surface area (Å²) in [5.41, 5.74) is 0. The van der Waals surface area contributed by atoms with Crippen molar-refractivity contribution in [2.45, 2.75) is 19.8 Å². The van der Waals surface area contributed by atoms with Crippen molar-refractivity contribution in [2.75, 3.05) is 13.1 Å². The van der Waals surface area contributed by atoms with E-state index in [0.717, 1.165) is 19.4 Å². The zero-order valence-electron chi connectivity index (χ0n) is 7.05. The quantitative estimate of drug-likeness (QED) is 0.578. The third-order valence-electron chi connectivity index (χ3n) is 2.19. The first kappa shape index (κ1) is 9.52. The van der Waals surface area contributed by atoms with Crippen molar-refractivity contribution in [1.82, 2.24) is 4.90 Å². The third-order valence-corrected chi connectivity index (χ3v) is 2.50. The summed E-state index contributed by atoms with van der Waals surface area (Å²) in [6.45, 7) is 2.77. The van der Waals surface area contributed by atoms with Gasteiger partial charge >= 0.3 is 0 Å². The van der Waals surface area contributed by atoms with E-state index in [0.29, 0.717) is 6.54 Å². The van der Waals surface area contributed by atoms with Crippen LogP contribution in [0.1, 0.15) is 19.8 Å². The Bertz CT molecular complexity index is 185. The van der Waals surface area contributed by atoms with E-state index >= 15 is 0 Å². The van der Waals surface area contributed by atoms with E-state index in [-0.39, 0.29) is 17.1 Å². The second kappa shape index (κ2) is 3.90. The Morgan fingerprint density at radius 3 is 2.67 bits per heavy atom. The first-order chi connectivity index (χ1) is 5.61. The molecule has 0 aromatic rings. The molecule has 1 amide bonds. The summed E-state index contributed by atoms with van der Waals surface area (Å²) < 4.78 is 0. The Hall–Kier alpha value is -0.570. The molecule has 1 atom stereocenters. The van der Waals surface area contributed by atoms with Gasteiger partial charge in [0.05, 0.1) is 5.92 Å². The van der Waals surface area contributed by atoms with Crippen molar-refractivity contribution in [1.29, 1.82) is 0 Å². The van der Waals surface area contributed by atoms with Gasteiger partial charge in [-0.25, -0.2) is 0 Å². The lowest BCUT2D eigenvalue weighted by molar-refractivity contribution is -0.131. The van der Waals surface area contributed by atoms with Crippen molar-refractivity contribution in [3.8, 4) is 0 Å². The van der Waals surface area contributed by atoms with Crippen LogP contribution in [0, 0.1) is 5.92 Å². The molecule has 0 aromatic heterocycles. The van der Waals surface area contributed by atoms with Gasteiger partial charge in [0.15, 0.2) is 0 Å². The minimum absolute atomic E-state index is 0.0256. The number of piperidine rings is 1. The standard InChI is InChI=1S/C8H12ClNO2/c1-6(11)10-4-2-3-7(5-10)8(9)12/h7H,2-5H2,1H3/t7-/m1/s1. The Balaban J connectivity index is 2.51. The number of nitrogens with zero attached hydrogens (tertiary/aromatic N) is 1. The molecule has 1 heterocycles. The Morgan fingerprint density at radius 2 is 2.17 bits per heavy atom. The lowest BCUT2D eigenvalue weighted by Gasteiger charge is -2.29. The molecule has 0 bridgehead atoms. The highest BCUT2D eigenvalue weighted by molar-refractivity contribution is 6.64. The summed E-state index contributed by atoms with van der Waals surface area (Å²) in [7, 11) is 0. The largest absolute Gasteiger partial charge is 0.342 e. The molecule has 1 aliphatic heterocycles. The lowest BCUT2D eigenvalue weighted by atomic mass is 9.99. The third kappa shape index (κ3) is 2.21. The number of hydrogen-bond donors (Lipinski definition) is 0. The van der Waals surface area contributed by atoms with Gasteiger partial charge in [-0.15, -0.1) is 0 Å². The summed E-state index contributed by atoms with van der Waals surface area (Å²) in [6.07, 6.45) is 1.69. The molecule has 1 aliphatic rings. The van der Waals surface area contributed by atoms with Gasteiger partial charge in [0.2, 0.25) is 11.1 Å². The maximum Gasteiger partial charge on any atom is 0.226 e. The topological polar surface area (TPSA) is 37.4 Å². The second-order valence-corrected chi connectivity index (χ2v) is 3.48. The summed E-state index contributed by atoms with van der Waals surface area (Å²) >= 11 is 5.35. The molecule has 1 fully saturated rings. The molecule has 4 heteroatoms. The molecular formula is C8H12ClNO2. The number of carbonyl (C=O) groups excluding carboxylic acids is 2. The van der Waals surface area contributed by atoms with E-state index in [9.17, 15) is 9.59 Å². The highest BCUT2D eigenvalue weighted by atomic mass is 35.5. The first-order valence-electron chi connectivity index (χ1n) is 4.06. The average molecular weight is 190 g/mol. The first-order valence-corrected chi connectivity index (χ1v) is 4.44. The van der Waals surface area contributed by atoms with E-state index in [4.69, 9.17) is 11.6 Å². The average Bonchev–Trinajstić information content (AvgIpc) is 2.04. The van der Waals surface area contributed by atoms with Crippen molar-refractivity contribution in [3.05, 3.63) is 0 Å². The van der Waals surface area contributed by atoms with E-state index in [1.54, 1.807) is 4.90 Å². The highest BCUT2D eigenvalue weighted by Crippen LogP contribution is 2.18. The summed E-state index contributed by atoms with van der Waals surface area (Å²) in [6, 6.07) is 0. The molecule has 0 spiro atoms. The Morgan fingerprint density at radius 1 is 1.50 bits per heavy atom.